The zero-order valence-corrected chi connectivity index (χ0v) is 19.3. The van der Waals surface area contributed by atoms with Crippen molar-refractivity contribution in [3.05, 3.63) is 82.3 Å². The maximum absolute atomic E-state index is 14.8. The van der Waals surface area contributed by atoms with E-state index in [2.05, 4.69) is 9.97 Å². The van der Waals surface area contributed by atoms with E-state index in [1.54, 1.807) is 10.8 Å². The number of ether oxygens (including phenoxy) is 1. The quantitative estimate of drug-likeness (QED) is 0.419. The number of aromatic nitrogens is 3. The first-order chi connectivity index (χ1) is 16.9. The van der Waals surface area contributed by atoms with Gasteiger partial charge in [-0.3, -0.25) is 9.36 Å². The lowest BCUT2D eigenvalue weighted by Crippen LogP contribution is -2.08. The summed E-state index contributed by atoms with van der Waals surface area (Å²) in [7, 11) is 0. The molecule has 0 amide bonds. The number of imidazole rings is 1. The topological polar surface area (TPSA) is 77.2 Å². The Bertz CT molecular complexity index is 1510. The second-order valence-electron chi connectivity index (χ2n) is 9.28. The number of carbonyl (C=O) groups is 1. The van der Waals surface area contributed by atoms with Gasteiger partial charge in [0.2, 0.25) is 5.88 Å². The third-order valence-corrected chi connectivity index (χ3v) is 7.40. The fourth-order valence-electron chi connectivity index (χ4n) is 5.55. The fourth-order valence-corrected chi connectivity index (χ4v) is 5.55. The molecule has 8 heteroatoms. The van der Waals surface area contributed by atoms with Crippen molar-refractivity contribution in [1.82, 2.24) is 14.5 Å². The number of hydrogen-bond acceptors (Lipinski definition) is 4. The lowest BCUT2D eigenvalue weighted by molar-refractivity contribution is -0.139. The van der Waals surface area contributed by atoms with E-state index in [0.717, 1.165) is 40.4 Å². The molecule has 2 aromatic heterocycles. The van der Waals surface area contributed by atoms with E-state index in [-0.39, 0.29) is 29.9 Å². The van der Waals surface area contributed by atoms with Crippen LogP contribution in [0.3, 0.4) is 0 Å². The Morgan fingerprint density at radius 2 is 2.09 bits per heavy atom. The Balaban J connectivity index is 1.29. The van der Waals surface area contributed by atoms with Gasteiger partial charge in [0.15, 0.2) is 11.6 Å². The van der Waals surface area contributed by atoms with E-state index in [4.69, 9.17) is 4.74 Å². The van der Waals surface area contributed by atoms with Gasteiger partial charge in [-0.05, 0) is 59.7 Å². The van der Waals surface area contributed by atoms with Crippen LogP contribution in [0.2, 0.25) is 0 Å². The molecule has 0 unspecified atom stereocenters. The lowest BCUT2D eigenvalue weighted by atomic mass is 10.0. The maximum Gasteiger partial charge on any atom is 0.307 e. The Hall–Kier alpha value is -3.81. The molecule has 1 N–H and O–H groups in total. The summed E-state index contributed by atoms with van der Waals surface area (Å²) in [5, 5.41) is 9.30. The number of aryl methyl sites for hydroxylation is 1. The normalized spacial score (nSPS) is 20.1. The fraction of sp³-hybridized carbons (Fsp3) is 0.296. The summed E-state index contributed by atoms with van der Waals surface area (Å²) in [4.78, 5) is 20.2. The minimum absolute atomic E-state index is 0.0750. The summed E-state index contributed by atoms with van der Waals surface area (Å²) < 4.78 is 36.5. The van der Waals surface area contributed by atoms with Gasteiger partial charge in [-0.25, -0.2) is 18.7 Å². The van der Waals surface area contributed by atoms with Gasteiger partial charge < -0.3 is 9.84 Å². The molecular weight excluding hydrogens is 452 g/mol. The van der Waals surface area contributed by atoms with Crippen LogP contribution in [-0.4, -0.2) is 25.6 Å². The number of nitrogens with zero attached hydrogens (tertiary/aromatic N) is 3. The predicted octanol–water partition coefficient (Wildman–Crippen LogP) is 5.12. The highest BCUT2D eigenvalue weighted by atomic mass is 19.2. The van der Waals surface area contributed by atoms with Gasteiger partial charge in [-0.1, -0.05) is 19.1 Å². The minimum atomic E-state index is -0.915. The van der Waals surface area contributed by atoms with Crippen molar-refractivity contribution >= 4 is 17.0 Å². The number of pyridine rings is 1. The average Bonchev–Trinajstić information content (AvgIpc) is 3.25. The smallest absolute Gasteiger partial charge is 0.307 e. The van der Waals surface area contributed by atoms with E-state index < -0.39 is 17.6 Å². The van der Waals surface area contributed by atoms with E-state index >= 15 is 0 Å². The molecule has 2 heterocycles. The van der Waals surface area contributed by atoms with Crippen molar-refractivity contribution in [2.45, 2.75) is 39.2 Å². The first-order valence-electron chi connectivity index (χ1n) is 11.7. The molecule has 4 aromatic rings. The summed E-state index contributed by atoms with van der Waals surface area (Å²) >= 11 is 0. The van der Waals surface area contributed by atoms with Crippen LogP contribution in [0.15, 0.2) is 42.6 Å². The highest BCUT2D eigenvalue weighted by molar-refractivity contribution is 5.80. The number of benzene rings is 2. The molecule has 35 heavy (non-hydrogen) atoms. The van der Waals surface area contributed by atoms with E-state index in [1.807, 2.05) is 38.1 Å². The molecule has 178 valence electrons. The molecule has 1 fully saturated rings. The monoisotopic (exact) mass is 475 g/mol. The zero-order valence-electron chi connectivity index (χ0n) is 19.3. The molecule has 0 bridgehead atoms. The van der Waals surface area contributed by atoms with E-state index in [9.17, 15) is 18.7 Å². The SMILES string of the molecule is CCc1nc2ccc(F)c(F)c2n1-c1cccc(COc2cc3c(cn2)[C@H]2[C@@H](C3)[C@@H]2C(=O)O)c1C. The van der Waals surface area contributed by atoms with Gasteiger partial charge in [0.1, 0.15) is 17.9 Å². The Kier molecular flexibility index (Phi) is 4.88. The number of hydrogen-bond donors (Lipinski definition) is 1. The van der Waals surface area contributed by atoms with Crippen molar-refractivity contribution < 1.29 is 23.4 Å². The van der Waals surface area contributed by atoms with Crippen LogP contribution < -0.4 is 4.74 Å². The van der Waals surface area contributed by atoms with Crippen molar-refractivity contribution in [3.8, 4) is 11.6 Å². The molecule has 2 aliphatic carbocycles. The molecule has 2 aliphatic rings. The van der Waals surface area contributed by atoms with Gasteiger partial charge in [-0.15, -0.1) is 0 Å². The van der Waals surface area contributed by atoms with Crippen LogP contribution in [-0.2, 0) is 24.2 Å². The molecule has 0 spiro atoms. The molecule has 0 radical (unpaired) electrons. The number of fused-ring (bicyclic) bond motifs is 4. The van der Waals surface area contributed by atoms with Crippen LogP contribution in [0.25, 0.3) is 16.7 Å². The number of rotatable bonds is 6. The van der Waals surface area contributed by atoms with Gasteiger partial charge in [0, 0.05) is 24.6 Å². The standard InChI is InChI=1S/C27H23F2N3O3/c1-3-21-31-19-8-7-18(28)25(29)26(19)32(21)20-6-4-5-14(13(20)2)12-35-22-10-15-9-16-23(17(15)11-30-22)24(16)27(33)34/h4-8,10-11,16,23-24H,3,9,12H2,1-2H3,(H,33,34)/t16-,23-,24+/m1/s1. The highest BCUT2D eigenvalue weighted by Gasteiger charge is 2.59. The largest absolute Gasteiger partial charge is 0.481 e. The lowest BCUT2D eigenvalue weighted by Gasteiger charge is -2.16. The molecule has 0 saturated heterocycles. The molecule has 6 rings (SSSR count). The summed E-state index contributed by atoms with van der Waals surface area (Å²) in [6, 6.07) is 10.1. The second-order valence-corrected chi connectivity index (χ2v) is 9.28. The van der Waals surface area contributed by atoms with Crippen molar-refractivity contribution in [2.24, 2.45) is 11.8 Å². The summed E-state index contributed by atoms with van der Waals surface area (Å²) in [5.74, 6) is -1.48. The van der Waals surface area contributed by atoms with Gasteiger partial charge in [-0.2, -0.15) is 0 Å². The maximum atomic E-state index is 14.8. The summed E-state index contributed by atoms with van der Waals surface area (Å²) in [6.07, 6.45) is 3.03. The molecule has 0 aliphatic heterocycles. The van der Waals surface area contributed by atoms with Crippen LogP contribution in [0.5, 0.6) is 5.88 Å². The molecule has 1 saturated carbocycles. The molecule has 2 aromatic carbocycles. The van der Waals surface area contributed by atoms with Crippen LogP contribution in [0.4, 0.5) is 8.78 Å². The first-order valence-corrected chi connectivity index (χ1v) is 11.7. The molecular formula is C27H23F2N3O3. The van der Waals surface area contributed by atoms with E-state index in [1.165, 1.54) is 6.07 Å². The number of halogens is 2. The number of carboxylic acids is 1. The average molecular weight is 475 g/mol. The zero-order chi connectivity index (χ0) is 24.4. The Morgan fingerprint density at radius 1 is 1.26 bits per heavy atom. The van der Waals surface area contributed by atoms with Crippen molar-refractivity contribution in [2.75, 3.05) is 0 Å². The Labute approximate surface area is 200 Å². The summed E-state index contributed by atoms with van der Waals surface area (Å²) in [6.45, 7) is 4.10. The molecule has 6 nitrogen and oxygen atoms in total. The molecule has 3 atom stereocenters. The van der Waals surface area contributed by atoms with Crippen LogP contribution in [0, 0.1) is 30.4 Å². The first kappa shape index (κ1) is 21.7. The van der Waals surface area contributed by atoms with Crippen LogP contribution in [0.1, 0.15) is 40.9 Å². The number of aliphatic carboxylic acids is 1. The van der Waals surface area contributed by atoms with Crippen molar-refractivity contribution in [1.29, 1.82) is 0 Å². The third kappa shape index (κ3) is 3.31. The predicted molar refractivity (Wildman–Crippen MR) is 125 cm³/mol. The second kappa shape index (κ2) is 7.86. The minimum Gasteiger partial charge on any atom is -0.481 e. The van der Waals surface area contributed by atoms with Gasteiger partial charge in [0.05, 0.1) is 17.1 Å². The number of carboxylic acid groups (broad SMARTS) is 1. The van der Waals surface area contributed by atoms with Gasteiger partial charge in [0.25, 0.3) is 0 Å². The van der Waals surface area contributed by atoms with Crippen molar-refractivity contribution in [3.63, 3.8) is 0 Å². The Morgan fingerprint density at radius 3 is 2.86 bits per heavy atom. The summed E-state index contributed by atoms with van der Waals surface area (Å²) in [5.41, 5.74) is 5.13. The third-order valence-electron chi connectivity index (χ3n) is 7.40. The van der Waals surface area contributed by atoms with E-state index in [0.29, 0.717) is 23.6 Å². The van der Waals surface area contributed by atoms with Crippen LogP contribution >= 0.6 is 0 Å². The van der Waals surface area contributed by atoms with Gasteiger partial charge >= 0.3 is 5.97 Å². The highest BCUT2D eigenvalue weighted by Crippen LogP contribution is 2.61.